The van der Waals surface area contributed by atoms with Crippen molar-refractivity contribution in [3.8, 4) is 0 Å². The Morgan fingerprint density at radius 1 is 1.24 bits per heavy atom. The van der Waals surface area contributed by atoms with Crippen LogP contribution in [0.25, 0.3) is 0 Å². The molecule has 1 aliphatic rings. The highest BCUT2D eigenvalue weighted by Gasteiger charge is 2.33. The van der Waals surface area contributed by atoms with Crippen LogP contribution in [0, 0.1) is 0 Å². The predicted octanol–water partition coefficient (Wildman–Crippen LogP) is 1.95. The fourth-order valence-electron chi connectivity index (χ4n) is 1.89. The lowest BCUT2D eigenvalue weighted by Crippen LogP contribution is -2.32. The maximum absolute atomic E-state index is 11.6. The number of hydrogen-bond donors (Lipinski definition) is 0. The highest BCUT2D eigenvalue weighted by atomic mass is 16.6. The molecule has 1 aromatic carbocycles. The Balaban J connectivity index is 2.38. The summed E-state index contributed by atoms with van der Waals surface area (Å²) in [5, 5.41) is 0. The molecule has 0 amide bonds. The van der Waals surface area contributed by atoms with E-state index in [1.807, 2.05) is 32.0 Å². The van der Waals surface area contributed by atoms with Crippen molar-refractivity contribution < 1.29 is 19.1 Å². The van der Waals surface area contributed by atoms with Crippen LogP contribution in [-0.4, -0.2) is 18.5 Å². The monoisotopic (exact) mass is 234 g/mol. The van der Waals surface area contributed by atoms with E-state index in [9.17, 15) is 9.59 Å². The first kappa shape index (κ1) is 11.6. The molecular formula is C13H14O4. The molecule has 4 heteroatoms. The lowest BCUT2D eigenvalue weighted by molar-refractivity contribution is -0.185. The molecule has 0 spiro atoms. The van der Waals surface area contributed by atoms with Gasteiger partial charge in [-0.3, -0.25) is 0 Å². The van der Waals surface area contributed by atoms with Crippen LogP contribution in [0.3, 0.4) is 0 Å². The molecule has 1 heterocycles. The Kier molecular flexibility index (Phi) is 3.13. The summed E-state index contributed by atoms with van der Waals surface area (Å²) in [6, 6.07) is 7.43. The number of benzene rings is 1. The van der Waals surface area contributed by atoms with Crippen LogP contribution in [0.1, 0.15) is 37.0 Å². The standard InChI is InChI=1S/C13H14O4/c1-8(2)9-5-3-4-6-10(9)12-13(15)16-7-11(14)17-12/h3-6,8,12H,7H2,1-2H3. The molecule has 0 saturated carbocycles. The van der Waals surface area contributed by atoms with Crippen molar-refractivity contribution >= 4 is 11.9 Å². The molecule has 0 N–H and O–H groups in total. The summed E-state index contributed by atoms with van der Waals surface area (Å²) in [4.78, 5) is 22.8. The largest absolute Gasteiger partial charge is 0.451 e. The molecule has 1 unspecified atom stereocenters. The van der Waals surface area contributed by atoms with Crippen LogP contribution >= 0.6 is 0 Å². The molecule has 0 aliphatic carbocycles. The molecule has 1 aromatic rings. The van der Waals surface area contributed by atoms with E-state index < -0.39 is 18.0 Å². The van der Waals surface area contributed by atoms with Gasteiger partial charge in [0.25, 0.3) is 0 Å². The van der Waals surface area contributed by atoms with Crippen LogP contribution in [0.15, 0.2) is 24.3 Å². The average Bonchev–Trinajstić information content (AvgIpc) is 2.32. The minimum absolute atomic E-state index is 0.250. The van der Waals surface area contributed by atoms with Gasteiger partial charge in [0.15, 0.2) is 6.61 Å². The molecule has 1 fully saturated rings. The lowest BCUT2D eigenvalue weighted by atomic mass is 9.94. The summed E-state index contributed by atoms with van der Waals surface area (Å²) in [5.41, 5.74) is 1.70. The number of cyclic esters (lactones) is 2. The van der Waals surface area contributed by atoms with E-state index in [0.29, 0.717) is 5.56 Å². The van der Waals surface area contributed by atoms with Crippen LogP contribution in [0.5, 0.6) is 0 Å². The molecule has 0 aromatic heterocycles. The van der Waals surface area contributed by atoms with E-state index in [4.69, 9.17) is 9.47 Å². The number of carbonyl (C=O) groups excluding carboxylic acids is 2. The second kappa shape index (κ2) is 4.57. The van der Waals surface area contributed by atoms with E-state index >= 15 is 0 Å². The van der Waals surface area contributed by atoms with Crippen molar-refractivity contribution in [1.82, 2.24) is 0 Å². The highest BCUT2D eigenvalue weighted by molar-refractivity contribution is 5.86. The SMILES string of the molecule is CC(C)c1ccccc1C1OC(=O)COC1=O. The van der Waals surface area contributed by atoms with Crippen molar-refractivity contribution in [3.63, 3.8) is 0 Å². The normalized spacial score (nSPS) is 20.1. The third-order valence-corrected chi connectivity index (χ3v) is 2.70. The number of carbonyl (C=O) groups is 2. The summed E-state index contributed by atoms with van der Waals surface area (Å²) in [6.07, 6.45) is -0.921. The summed E-state index contributed by atoms with van der Waals surface area (Å²) in [7, 11) is 0. The maximum atomic E-state index is 11.6. The fourth-order valence-corrected chi connectivity index (χ4v) is 1.89. The van der Waals surface area contributed by atoms with Gasteiger partial charge >= 0.3 is 11.9 Å². The number of ether oxygens (including phenoxy) is 2. The molecule has 2 rings (SSSR count). The minimum atomic E-state index is -0.921. The van der Waals surface area contributed by atoms with Gasteiger partial charge in [0.1, 0.15) is 0 Å². The molecular weight excluding hydrogens is 220 g/mol. The second-order valence-electron chi connectivity index (χ2n) is 4.26. The Bertz CT molecular complexity index is 450. The molecule has 1 saturated heterocycles. The van der Waals surface area contributed by atoms with Gasteiger partial charge in [0.05, 0.1) is 0 Å². The molecule has 1 atom stereocenters. The fraction of sp³-hybridized carbons (Fsp3) is 0.385. The third kappa shape index (κ3) is 2.30. The van der Waals surface area contributed by atoms with Crippen LogP contribution in [0.2, 0.25) is 0 Å². The molecule has 0 radical (unpaired) electrons. The van der Waals surface area contributed by atoms with Crippen LogP contribution in [0.4, 0.5) is 0 Å². The molecule has 17 heavy (non-hydrogen) atoms. The van der Waals surface area contributed by atoms with E-state index in [-0.39, 0.29) is 12.5 Å². The molecule has 1 aliphatic heterocycles. The highest BCUT2D eigenvalue weighted by Crippen LogP contribution is 2.29. The molecule has 0 bridgehead atoms. The minimum Gasteiger partial charge on any atom is -0.451 e. The first-order valence-electron chi connectivity index (χ1n) is 5.54. The quantitative estimate of drug-likeness (QED) is 0.734. The maximum Gasteiger partial charge on any atom is 0.352 e. The summed E-state index contributed by atoms with van der Waals surface area (Å²) in [5.74, 6) is -0.759. The third-order valence-electron chi connectivity index (χ3n) is 2.70. The number of esters is 2. The Morgan fingerprint density at radius 3 is 2.65 bits per heavy atom. The van der Waals surface area contributed by atoms with Gasteiger partial charge < -0.3 is 9.47 Å². The smallest absolute Gasteiger partial charge is 0.352 e. The lowest BCUT2D eigenvalue weighted by Gasteiger charge is -2.24. The van der Waals surface area contributed by atoms with E-state index in [1.165, 1.54) is 0 Å². The van der Waals surface area contributed by atoms with Crippen molar-refractivity contribution in [3.05, 3.63) is 35.4 Å². The summed E-state index contributed by atoms with van der Waals surface area (Å²) in [6.45, 7) is 3.75. The molecule has 4 nitrogen and oxygen atoms in total. The van der Waals surface area contributed by atoms with E-state index in [0.717, 1.165) is 5.56 Å². The van der Waals surface area contributed by atoms with Gasteiger partial charge in [-0.1, -0.05) is 38.1 Å². The van der Waals surface area contributed by atoms with Crippen LogP contribution in [-0.2, 0) is 19.1 Å². The zero-order valence-electron chi connectivity index (χ0n) is 9.80. The topological polar surface area (TPSA) is 52.6 Å². The van der Waals surface area contributed by atoms with Crippen molar-refractivity contribution in [2.45, 2.75) is 25.9 Å². The zero-order chi connectivity index (χ0) is 12.4. The van der Waals surface area contributed by atoms with Gasteiger partial charge in [0, 0.05) is 5.56 Å². The van der Waals surface area contributed by atoms with Gasteiger partial charge in [-0.25, -0.2) is 9.59 Å². The first-order valence-corrected chi connectivity index (χ1v) is 5.54. The average molecular weight is 234 g/mol. The van der Waals surface area contributed by atoms with Crippen molar-refractivity contribution in [1.29, 1.82) is 0 Å². The van der Waals surface area contributed by atoms with E-state index in [1.54, 1.807) is 6.07 Å². The Hall–Kier alpha value is -1.84. The predicted molar refractivity (Wildman–Crippen MR) is 60.3 cm³/mol. The van der Waals surface area contributed by atoms with E-state index in [2.05, 4.69) is 0 Å². The van der Waals surface area contributed by atoms with Gasteiger partial charge in [-0.15, -0.1) is 0 Å². The van der Waals surface area contributed by atoms with Crippen LogP contribution < -0.4 is 0 Å². The van der Waals surface area contributed by atoms with Crippen molar-refractivity contribution in [2.24, 2.45) is 0 Å². The number of hydrogen-bond acceptors (Lipinski definition) is 4. The summed E-state index contributed by atoms with van der Waals surface area (Å²) < 4.78 is 9.84. The molecule has 90 valence electrons. The first-order chi connectivity index (χ1) is 8.09. The Morgan fingerprint density at radius 2 is 1.94 bits per heavy atom. The zero-order valence-corrected chi connectivity index (χ0v) is 9.80. The summed E-state index contributed by atoms with van der Waals surface area (Å²) >= 11 is 0. The Labute approximate surface area is 99.5 Å². The van der Waals surface area contributed by atoms with Crippen molar-refractivity contribution in [2.75, 3.05) is 6.61 Å². The number of rotatable bonds is 2. The second-order valence-corrected chi connectivity index (χ2v) is 4.26. The van der Waals surface area contributed by atoms with Gasteiger partial charge in [-0.05, 0) is 11.5 Å². The van der Waals surface area contributed by atoms with Gasteiger partial charge in [0.2, 0.25) is 6.10 Å². The van der Waals surface area contributed by atoms with Gasteiger partial charge in [-0.2, -0.15) is 0 Å².